The fourth-order valence-corrected chi connectivity index (χ4v) is 2.59. The maximum Gasteiger partial charge on any atom is 0.240 e. The first kappa shape index (κ1) is 18.6. The molecular formula is C17H23BrN4O2. The van der Waals surface area contributed by atoms with Crippen LogP contribution in [0.25, 0.3) is 0 Å². The van der Waals surface area contributed by atoms with Crippen LogP contribution in [0.5, 0.6) is 0 Å². The number of nitrogens with one attached hydrogen (secondary N) is 1. The zero-order chi connectivity index (χ0) is 17.9. The molecule has 0 fully saturated rings. The molecule has 2 rings (SSSR count). The number of nitrogens with zero attached hydrogens (tertiary/aromatic N) is 3. The number of amides is 1. The molecule has 0 aliphatic heterocycles. The third kappa shape index (κ3) is 5.14. The Hall–Kier alpha value is -1.73. The van der Waals surface area contributed by atoms with E-state index in [1.54, 1.807) is 0 Å². The molecular weight excluding hydrogens is 372 g/mol. The average molecular weight is 395 g/mol. The van der Waals surface area contributed by atoms with Crippen LogP contribution in [0, 0.1) is 6.92 Å². The van der Waals surface area contributed by atoms with Crippen molar-refractivity contribution in [1.82, 2.24) is 15.0 Å². The van der Waals surface area contributed by atoms with Gasteiger partial charge < -0.3 is 9.84 Å². The summed E-state index contributed by atoms with van der Waals surface area (Å²) in [6.45, 7) is 8.70. The highest BCUT2D eigenvalue weighted by Crippen LogP contribution is 2.20. The van der Waals surface area contributed by atoms with Crippen molar-refractivity contribution in [3.05, 3.63) is 40.0 Å². The number of hydrogen-bond donors (Lipinski definition) is 1. The van der Waals surface area contributed by atoms with Crippen LogP contribution in [-0.4, -0.2) is 34.5 Å². The van der Waals surface area contributed by atoms with Crippen LogP contribution in [0.15, 0.2) is 27.2 Å². The Morgan fingerprint density at radius 3 is 2.67 bits per heavy atom. The summed E-state index contributed by atoms with van der Waals surface area (Å²) in [4.78, 5) is 18.4. The van der Waals surface area contributed by atoms with Crippen molar-refractivity contribution in [3.8, 4) is 0 Å². The van der Waals surface area contributed by atoms with E-state index in [0.29, 0.717) is 18.3 Å². The Bertz CT molecular complexity index is 722. The fraction of sp³-hybridized carbons (Fsp3) is 0.471. The molecule has 0 saturated heterocycles. The smallest absolute Gasteiger partial charge is 0.240 e. The van der Waals surface area contributed by atoms with Crippen molar-refractivity contribution >= 4 is 27.5 Å². The first-order valence-electron chi connectivity index (χ1n) is 7.73. The lowest BCUT2D eigenvalue weighted by atomic mass is 9.96. The maximum atomic E-state index is 12.2. The number of aromatic nitrogens is 2. The van der Waals surface area contributed by atoms with Crippen LogP contribution < -0.4 is 5.32 Å². The van der Waals surface area contributed by atoms with E-state index in [1.165, 1.54) is 0 Å². The number of carbonyl (C=O) groups excluding carboxylic acids is 1. The van der Waals surface area contributed by atoms with E-state index in [-0.39, 0.29) is 17.9 Å². The summed E-state index contributed by atoms with van der Waals surface area (Å²) in [5.41, 5.74) is 1.66. The van der Waals surface area contributed by atoms with Gasteiger partial charge in [0.25, 0.3) is 0 Å². The van der Waals surface area contributed by atoms with Gasteiger partial charge in [-0.3, -0.25) is 9.69 Å². The Morgan fingerprint density at radius 2 is 2.08 bits per heavy atom. The topological polar surface area (TPSA) is 71.3 Å². The summed E-state index contributed by atoms with van der Waals surface area (Å²) in [6.07, 6.45) is 0. The first-order valence-corrected chi connectivity index (χ1v) is 8.52. The van der Waals surface area contributed by atoms with Gasteiger partial charge in [-0.2, -0.15) is 4.98 Å². The van der Waals surface area contributed by atoms with Crippen molar-refractivity contribution in [1.29, 1.82) is 0 Å². The Balaban J connectivity index is 1.90. The second-order valence-corrected chi connectivity index (χ2v) is 7.86. The number of benzene rings is 1. The molecule has 1 aromatic carbocycles. The van der Waals surface area contributed by atoms with E-state index in [1.807, 2.05) is 57.8 Å². The Morgan fingerprint density at radius 1 is 1.38 bits per heavy atom. The van der Waals surface area contributed by atoms with E-state index < -0.39 is 0 Å². The molecule has 0 unspecified atom stereocenters. The van der Waals surface area contributed by atoms with Gasteiger partial charge in [-0.05, 0) is 37.7 Å². The molecule has 24 heavy (non-hydrogen) atoms. The van der Waals surface area contributed by atoms with Crippen LogP contribution in [-0.2, 0) is 16.8 Å². The van der Waals surface area contributed by atoms with E-state index in [2.05, 4.69) is 31.4 Å². The summed E-state index contributed by atoms with van der Waals surface area (Å²) in [7, 11) is 1.84. The molecule has 1 amide bonds. The first-order chi connectivity index (χ1) is 11.1. The van der Waals surface area contributed by atoms with Gasteiger partial charge in [-0.25, -0.2) is 0 Å². The Labute approximate surface area is 150 Å². The lowest BCUT2D eigenvalue weighted by Gasteiger charge is -2.15. The fourth-order valence-electron chi connectivity index (χ4n) is 2.11. The number of carbonyl (C=O) groups is 1. The van der Waals surface area contributed by atoms with Gasteiger partial charge >= 0.3 is 0 Å². The molecule has 0 bridgehead atoms. The van der Waals surface area contributed by atoms with Gasteiger partial charge in [-0.1, -0.05) is 41.9 Å². The van der Waals surface area contributed by atoms with Gasteiger partial charge in [0, 0.05) is 15.6 Å². The standard InChI is InChI=1S/C17H23BrN4O2/c1-11-8-12(18)6-7-13(11)19-14(23)9-22(5)10-15-20-16(21-24-15)17(2,3)4/h6-8H,9-10H2,1-5H3,(H,19,23). The zero-order valence-corrected chi connectivity index (χ0v) is 16.3. The normalized spacial score (nSPS) is 11.8. The summed E-state index contributed by atoms with van der Waals surface area (Å²) in [5.74, 6) is 1.09. The second-order valence-electron chi connectivity index (χ2n) is 6.94. The Kier molecular flexibility index (Phi) is 5.77. The van der Waals surface area contributed by atoms with Crippen LogP contribution in [0.1, 0.15) is 38.0 Å². The van der Waals surface area contributed by atoms with Crippen molar-refractivity contribution in [3.63, 3.8) is 0 Å². The lowest BCUT2D eigenvalue weighted by molar-refractivity contribution is -0.117. The van der Waals surface area contributed by atoms with Crippen molar-refractivity contribution in [2.75, 3.05) is 18.9 Å². The minimum Gasteiger partial charge on any atom is -0.338 e. The third-order valence-electron chi connectivity index (χ3n) is 3.42. The lowest BCUT2D eigenvalue weighted by Crippen LogP contribution is -2.30. The van der Waals surface area contributed by atoms with E-state index in [4.69, 9.17) is 4.52 Å². The third-order valence-corrected chi connectivity index (χ3v) is 3.91. The van der Waals surface area contributed by atoms with Crippen LogP contribution in [0.2, 0.25) is 0 Å². The molecule has 0 radical (unpaired) electrons. The van der Waals surface area contributed by atoms with E-state index >= 15 is 0 Å². The van der Waals surface area contributed by atoms with Gasteiger partial charge in [0.05, 0.1) is 13.1 Å². The average Bonchev–Trinajstić information content (AvgIpc) is 2.90. The molecule has 1 N–H and O–H groups in total. The van der Waals surface area contributed by atoms with Crippen molar-refractivity contribution in [2.45, 2.75) is 39.7 Å². The van der Waals surface area contributed by atoms with Crippen LogP contribution >= 0.6 is 15.9 Å². The molecule has 6 nitrogen and oxygen atoms in total. The molecule has 130 valence electrons. The highest BCUT2D eigenvalue weighted by molar-refractivity contribution is 9.10. The minimum atomic E-state index is -0.156. The molecule has 1 aromatic heterocycles. The predicted molar refractivity (Wildman–Crippen MR) is 96.8 cm³/mol. The molecule has 0 atom stereocenters. The summed E-state index contributed by atoms with van der Waals surface area (Å²) >= 11 is 3.41. The largest absolute Gasteiger partial charge is 0.338 e. The van der Waals surface area contributed by atoms with E-state index in [9.17, 15) is 4.79 Å². The number of hydrogen-bond acceptors (Lipinski definition) is 5. The molecule has 2 aromatic rings. The SMILES string of the molecule is Cc1cc(Br)ccc1NC(=O)CN(C)Cc1nc(C(C)(C)C)no1. The highest BCUT2D eigenvalue weighted by atomic mass is 79.9. The highest BCUT2D eigenvalue weighted by Gasteiger charge is 2.21. The van der Waals surface area contributed by atoms with Crippen LogP contribution in [0.4, 0.5) is 5.69 Å². The number of likely N-dealkylation sites (N-methyl/N-ethyl adjacent to an activating group) is 1. The quantitative estimate of drug-likeness (QED) is 0.839. The van der Waals surface area contributed by atoms with Crippen molar-refractivity contribution < 1.29 is 9.32 Å². The van der Waals surface area contributed by atoms with Gasteiger partial charge in [0.1, 0.15) is 0 Å². The summed E-state index contributed by atoms with van der Waals surface area (Å²) < 4.78 is 6.24. The van der Waals surface area contributed by atoms with Gasteiger partial charge in [-0.15, -0.1) is 0 Å². The zero-order valence-electron chi connectivity index (χ0n) is 14.7. The molecule has 0 saturated carbocycles. The summed E-state index contributed by atoms with van der Waals surface area (Å²) in [5, 5.41) is 6.90. The maximum absolute atomic E-state index is 12.2. The van der Waals surface area contributed by atoms with Gasteiger partial charge in [0.15, 0.2) is 5.82 Å². The monoisotopic (exact) mass is 394 g/mol. The van der Waals surface area contributed by atoms with Crippen LogP contribution in [0.3, 0.4) is 0 Å². The molecule has 0 aliphatic rings. The molecule has 0 aliphatic carbocycles. The number of rotatable bonds is 5. The van der Waals surface area contributed by atoms with Crippen molar-refractivity contribution in [2.24, 2.45) is 0 Å². The van der Waals surface area contributed by atoms with Gasteiger partial charge in [0.2, 0.25) is 11.8 Å². The molecule has 1 heterocycles. The number of aryl methyl sites for hydroxylation is 1. The molecule has 0 spiro atoms. The second kappa shape index (κ2) is 7.44. The summed E-state index contributed by atoms with van der Waals surface area (Å²) in [6, 6.07) is 5.75. The number of halogens is 1. The number of anilines is 1. The minimum absolute atomic E-state index is 0.0847. The predicted octanol–water partition coefficient (Wildman–Crippen LogP) is 3.51. The molecule has 7 heteroatoms. The van der Waals surface area contributed by atoms with E-state index in [0.717, 1.165) is 15.7 Å².